The molecule has 0 heterocycles. The van der Waals surface area contributed by atoms with Crippen molar-refractivity contribution < 1.29 is 14.6 Å². The molecule has 0 spiro atoms. The largest absolute Gasteiger partial charge is 0.479 e. The summed E-state index contributed by atoms with van der Waals surface area (Å²) in [4.78, 5) is 12.4. The average Bonchev–Trinajstić information content (AvgIpc) is 3.38. The molecule has 2 aromatic carbocycles. The molecular weight excluding hydrogens is 360 g/mol. The lowest BCUT2D eigenvalue weighted by molar-refractivity contribution is -0.183. The summed E-state index contributed by atoms with van der Waals surface area (Å²) in [6, 6.07) is 11.8. The molecule has 3 rings (SSSR count). The van der Waals surface area contributed by atoms with Gasteiger partial charge in [-0.2, -0.15) is 0 Å². The van der Waals surface area contributed by atoms with Crippen molar-refractivity contribution in [2.75, 3.05) is 0 Å². The van der Waals surface area contributed by atoms with Crippen molar-refractivity contribution in [3.8, 4) is 11.1 Å². The van der Waals surface area contributed by atoms with E-state index >= 15 is 0 Å². The predicted molar refractivity (Wildman–Crippen MR) is 109 cm³/mol. The van der Waals surface area contributed by atoms with Gasteiger partial charge in [0.05, 0.1) is 5.60 Å². The Kier molecular flexibility index (Phi) is 5.13. The van der Waals surface area contributed by atoms with E-state index in [2.05, 4.69) is 6.07 Å². The molecule has 1 unspecified atom stereocenters. The van der Waals surface area contributed by atoms with Crippen LogP contribution in [-0.2, 0) is 15.1 Å². The molecule has 0 bridgehead atoms. The van der Waals surface area contributed by atoms with Gasteiger partial charge in [-0.3, -0.25) is 0 Å². The van der Waals surface area contributed by atoms with Crippen molar-refractivity contribution in [2.45, 2.75) is 64.6 Å². The van der Waals surface area contributed by atoms with Gasteiger partial charge in [-0.25, -0.2) is 4.79 Å². The minimum atomic E-state index is -1.46. The summed E-state index contributed by atoms with van der Waals surface area (Å²) in [5.41, 5.74) is 2.74. The third-order valence-electron chi connectivity index (χ3n) is 4.99. The lowest BCUT2D eigenvalue weighted by Crippen LogP contribution is -2.42. The number of benzene rings is 2. The summed E-state index contributed by atoms with van der Waals surface area (Å²) in [6.07, 6.45) is 2.26. The highest BCUT2D eigenvalue weighted by Crippen LogP contribution is 2.49. The van der Waals surface area contributed by atoms with E-state index in [9.17, 15) is 9.90 Å². The maximum atomic E-state index is 12.4. The van der Waals surface area contributed by atoms with Crippen molar-refractivity contribution in [3.63, 3.8) is 0 Å². The maximum absolute atomic E-state index is 12.4. The Morgan fingerprint density at radius 3 is 2.15 bits per heavy atom. The number of aryl methyl sites for hydroxylation is 1. The van der Waals surface area contributed by atoms with E-state index in [-0.39, 0.29) is 0 Å². The third-order valence-corrected chi connectivity index (χ3v) is 5.24. The molecule has 3 nitrogen and oxygen atoms in total. The molecule has 0 radical (unpaired) electrons. The first-order valence-electron chi connectivity index (χ1n) is 9.36. The predicted octanol–water partition coefficient (Wildman–Crippen LogP) is 6.31. The fraction of sp³-hybridized carbons (Fsp3) is 0.435. The average molecular weight is 387 g/mol. The topological polar surface area (TPSA) is 46.5 Å². The molecule has 1 N–H and O–H groups in total. The molecule has 4 heteroatoms. The van der Waals surface area contributed by atoms with Crippen LogP contribution in [0.2, 0.25) is 5.02 Å². The molecule has 27 heavy (non-hydrogen) atoms. The Balaban J connectivity index is 2.32. The van der Waals surface area contributed by atoms with Gasteiger partial charge in [0.2, 0.25) is 0 Å². The number of hydrogen-bond acceptors (Lipinski definition) is 2. The van der Waals surface area contributed by atoms with Crippen molar-refractivity contribution in [1.29, 1.82) is 0 Å². The van der Waals surface area contributed by atoms with E-state index in [1.807, 2.05) is 58.0 Å². The highest BCUT2D eigenvalue weighted by molar-refractivity contribution is 6.30. The first-order chi connectivity index (χ1) is 12.5. The summed E-state index contributed by atoms with van der Waals surface area (Å²) in [6.45, 7) is 9.28. The van der Waals surface area contributed by atoms with Crippen molar-refractivity contribution >= 4 is 17.6 Å². The van der Waals surface area contributed by atoms with Crippen LogP contribution in [0.1, 0.15) is 63.1 Å². The first-order valence-corrected chi connectivity index (χ1v) is 9.74. The number of carboxylic acid groups (broad SMARTS) is 1. The molecule has 0 amide bonds. The maximum Gasteiger partial charge on any atom is 0.340 e. The molecule has 1 aliphatic carbocycles. The molecule has 1 atom stereocenters. The minimum absolute atomic E-state index is 0.475. The van der Waals surface area contributed by atoms with Crippen LogP contribution in [-0.4, -0.2) is 16.7 Å². The Bertz CT molecular complexity index is 860. The zero-order valence-corrected chi connectivity index (χ0v) is 17.4. The molecule has 0 aliphatic heterocycles. The van der Waals surface area contributed by atoms with E-state index in [0.717, 1.165) is 35.1 Å². The highest BCUT2D eigenvalue weighted by Gasteiger charge is 2.44. The van der Waals surface area contributed by atoms with Gasteiger partial charge in [0.1, 0.15) is 0 Å². The van der Waals surface area contributed by atoms with Crippen LogP contribution in [0, 0.1) is 6.92 Å². The lowest BCUT2D eigenvalue weighted by atomic mass is 9.81. The molecule has 1 saturated carbocycles. The van der Waals surface area contributed by atoms with Gasteiger partial charge in [-0.05, 0) is 87.8 Å². The summed E-state index contributed by atoms with van der Waals surface area (Å²) >= 11 is 6.09. The molecule has 1 fully saturated rings. The van der Waals surface area contributed by atoms with Gasteiger partial charge >= 0.3 is 5.97 Å². The van der Waals surface area contributed by atoms with Gasteiger partial charge in [-0.15, -0.1) is 0 Å². The van der Waals surface area contributed by atoms with Crippen LogP contribution < -0.4 is 0 Å². The van der Waals surface area contributed by atoms with Crippen molar-refractivity contribution in [3.05, 3.63) is 58.1 Å². The second-order valence-electron chi connectivity index (χ2n) is 8.56. The fourth-order valence-corrected chi connectivity index (χ4v) is 3.94. The highest BCUT2D eigenvalue weighted by atomic mass is 35.5. The Labute approximate surface area is 166 Å². The van der Waals surface area contributed by atoms with E-state index in [0.29, 0.717) is 10.9 Å². The number of aliphatic carboxylic acids is 1. The monoisotopic (exact) mass is 386 g/mol. The van der Waals surface area contributed by atoms with Crippen LogP contribution in [0.4, 0.5) is 0 Å². The van der Waals surface area contributed by atoms with Crippen molar-refractivity contribution in [1.82, 2.24) is 0 Å². The summed E-state index contributed by atoms with van der Waals surface area (Å²) in [7, 11) is 0. The molecular formula is C23H27ClO3. The Morgan fingerprint density at radius 2 is 1.67 bits per heavy atom. The zero-order chi connectivity index (χ0) is 20.0. The van der Waals surface area contributed by atoms with E-state index in [4.69, 9.17) is 16.3 Å². The molecule has 2 aromatic rings. The SMILES string of the molecule is Cc1ccc(C2CC2)c(-c2ccc(Cl)cc2)c1C(C)(OC(C)(C)C)C(=O)O. The minimum Gasteiger partial charge on any atom is -0.479 e. The van der Waals surface area contributed by atoms with Gasteiger partial charge in [0, 0.05) is 10.6 Å². The smallest absolute Gasteiger partial charge is 0.340 e. The lowest BCUT2D eigenvalue weighted by Gasteiger charge is -2.36. The zero-order valence-electron chi connectivity index (χ0n) is 16.6. The number of rotatable bonds is 5. The normalized spacial score (nSPS) is 16.8. The number of carbonyl (C=O) groups is 1. The standard InChI is InChI=1S/C23H27ClO3/c1-14-6-13-18(15-7-8-15)19(16-9-11-17(24)12-10-16)20(14)23(5,21(25)26)27-22(2,3)4/h6,9-13,15H,7-8H2,1-5H3,(H,25,26). The van der Waals surface area contributed by atoms with Gasteiger partial charge in [-0.1, -0.05) is 35.9 Å². The van der Waals surface area contributed by atoms with Gasteiger partial charge < -0.3 is 9.84 Å². The number of halogens is 1. The fourth-order valence-electron chi connectivity index (χ4n) is 3.81. The van der Waals surface area contributed by atoms with Crippen LogP contribution in [0.3, 0.4) is 0 Å². The van der Waals surface area contributed by atoms with Gasteiger partial charge in [0.25, 0.3) is 0 Å². The van der Waals surface area contributed by atoms with E-state index in [1.165, 1.54) is 5.56 Å². The molecule has 0 aromatic heterocycles. The Morgan fingerprint density at radius 1 is 1.07 bits per heavy atom. The van der Waals surface area contributed by atoms with Crippen LogP contribution >= 0.6 is 11.6 Å². The second kappa shape index (κ2) is 6.96. The number of hydrogen-bond donors (Lipinski definition) is 1. The van der Waals surface area contributed by atoms with Crippen molar-refractivity contribution in [2.24, 2.45) is 0 Å². The first kappa shape index (κ1) is 19.9. The summed E-state index contributed by atoms with van der Waals surface area (Å²) < 4.78 is 6.17. The number of carboxylic acids is 1. The summed E-state index contributed by atoms with van der Waals surface area (Å²) in [5.74, 6) is -0.508. The second-order valence-corrected chi connectivity index (χ2v) is 8.99. The third kappa shape index (κ3) is 4.04. The Hall–Kier alpha value is -1.84. The van der Waals surface area contributed by atoms with E-state index < -0.39 is 17.2 Å². The van der Waals surface area contributed by atoms with E-state index in [1.54, 1.807) is 6.92 Å². The number of ether oxygens (including phenoxy) is 1. The van der Waals surface area contributed by atoms with Crippen LogP contribution in [0.15, 0.2) is 36.4 Å². The molecule has 1 aliphatic rings. The van der Waals surface area contributed by atoms with Crippen LogP contribution in [0.5, 0.6) is 0 Å². The van der Waals surface area contributed by atoms with Crippen LogP contribution in [0.25, 0.3) is 11.1 Å². The molecule has 144 valence electrons. The van der Waals surface area contributed by atoms with Gasteiger partial charge in [0.15, 0.2) is 5.60 Å². The quantitative estimate of drug-likeness (QED) is 0.655. The molecule has 0 saturated heterocycles. The summed E-state index contributed by atoms with van der Waals surface area (Å²) in [5, 5.41) is 10.8.